The number of benzene rings is 2. The Morgan fingerprint density at radius 1 is 0.923 bits per heavy atom. The average Bonchev–Trinajstić information content (AvgIpc) is 3.09. The fourth-order valence-electron chi connectivity index (χ4n) is 2.17. The Bertz CT molecular complexity index is 888. The van der Waals surface area contributed by atoms with Crippen molar-refractivity contribution in [1.29, 1.82) is 0 Å². The Labute approximate surface area is 155 Å². The van der Waals surface area contributed by atoms with Crippen LogP contribution in [0.3, 0.4) is 0 Å². The Morgan fingerprint density at radius 2 is 1.62 bits per heavy atom. The van der Waals surface area contributed by atoms with Gasteiger partial charge in [0.05, 0.1) is 0 Å². The SMILES string of the molecule is Cc1ccc(C(=O)OCC(=O)Nc2ccc(Oc3ccccc3)cc2)s1. The van der Waals surface area contributed by atoms with Crippen molar-refractivity contribution in [3.63, 3.8) is 0 Å². The second-order valence-electron chi connectivity index (χ2n) is 5.47. The molecule has 0 aliphatic heterocycles. The Morgan fingerprint density at radius 3 is 2.27 bits per heavy atom. The lowest BCUT2D eigenvalue weighted by Crippen LogP contribution is -2.20. The monoisotopic (exact) mass is 367 g/mol. The zero-order chi connectivity index (χ0) is 18.4. The minimum atomic E-state index is -0.496. The van der Waals surface area contributed by atoms with Crippen molar-refractivity contribution in [2.75, 3.05) is 11.9 Å². The summed E-state index contributed by atoms with van der Waals surface area (Å²) in [4.78, 5) is 25.2. The molecule has 0 saturated heterocycles. The van der Waals surface area contributed by atoms with Gasteiger partial charge in [-0.25, -0.2) is 4.79 Å². The van der Waals surface area contributed by atoms with E-state index in [9.17, 15) is 9.59 Å². The van der Waals surface area contributed by atoms with Gasteiger partial charge < -0.3 is 14.8 Å². The van der Waals surface area contributed by atoms with E-state index >= 15 is 0 Å². The molecule has 0 bridgehead atoms. The van der Waals surface area contributed by atoms with Gasteiger partial charge in [-0.05, 0) is 55.5 Å². The minimum Gasteiger partial charge on any atom is -0.457 e. The molecule has 0 fully saturated rings. The topological polar surface area (TPSA) is 64.6 Å². The summed E-state index contributed by atoms with van der Waals surface area (Å²) in [5.74, 6) is 0.502. The highest BCUT2D eigenvalue weighted by Gasteiger charge is 2.12. The smallest absolute Gasteiger partial charge is 0.348 e. The van der Waals surface area contributed by atoms with E-state index in [2.05, 4.69) is 5.32 Å². The molecule has 3 aromatic rings. The van der Waals surface area contributed by atoms with Crippen LogP contribution in [0.15, 0.2) is 66.7 Å². The summed E-state index contributed by atoms with van der Waals surface area (Å²) >= 11 is 1.33. The number of aryl methyl sites for hydroxylation is 1. The van der Waals surface area contributed by atoms with Gasteiger partial charge in [-0.15, -0.1) is 11.3 Å². The number of thiophene rings is 1. The molecule has 0 aliphatic carbocycles. The van der Waals surface area contributed by atoms with Crippen LogP contribution in [0.1, 0.15) is 14.5 Å². The number of rotatable bonds is 6. The number of anilines is 1. The summed E-state index contributed by atoms with van der Waals surface area (Å²) in [7, 11) is 0. The van der Waals surface area contributed by atoms with Gasteiger partial charge in [0.1, 0.15) is 16.4 Å². The van der Waals surface area contributed by atoms with E-state index in [4.69, 9.17) is 9.47 Å². The highest BCUT2D eigenvalue weighted by molar-refractivity contribution is 7.13. The second kappa shape index (κ2) is 8.31. The minimum absolute atomic E-state index is 0.335. The fourth-order valence-corrected chi connectivity index (χ4v) is 2.94. The van der Waals surface area contributed by atoms with Crippen LogP contribution in [-0.2, 0) is 9.53 Å². The van der Waals surface area contributed by atoms with E-state index in [-0.39, 0.29) is 6.61 Å². The van der Waals surface area contributed by atoms with Gasteiger partial charge in [0.2, 0.25) is 0 Å². The molecule has 2 aromatic carbocycles. The normalized spacial score (nSPS) is 10.2. The van der Waals surface area contributed by atoms with E-state index < -0.39 is 11.9 Å². The van der Waals surface area contributed by atoms with Gasteiger partial charge in [-0.2, -0.15) is 0 Å². The summed E-state index contributed by atoms with van der Waals surface area (Å²) in [6, 6.07) is 19.9. The predicted molar refractivity (Wildman–Crippen MR) is 101 cm³/mol. The standard InChI is InChI=1S/C20H17NO4S/c1-14-7-12-18(26-14)20(23)24-13-19(22)21-15-8-10-17(11-9-15)25-16-5-3-2-4-6-16/h2-12H,13H2,1H3,(H,21,22). The molecule has 0 saturated carbocycles. The number of esters is 1. The molecule has 5 nitrogen and oxygen atoms in total. The van der Waals surface area contributed by atoms with Gasteiger partial charge in [-0.3, -0.25) is 4.79 Å². The highest BCUT2D eigenvalue weighted by atomic mass is 32.1. The second-order valence-corrected chi connectivity index (χ2v) is 6.76. The van der Waals surface area contributed by atoms with Gasteiger partial charge in [0, 0.05) is 10.6 Å². The highest BCUT2D eigenvalue weighted by Crippen LogP contribution is 2.22. The van der Waals surface area contributed by atoms with Crippen molar-refractivity contribution in [1.82, 2.24) is 0 Å². The first-order valence-corrected chi connectivity index (χ1v) is 8.78. The number of para-hydroxylation sites is 1. The van der Waals surface area contributed by atoms with E-state index in [1.165, 1.54) is 11.3 Å². The lowest BCUT2D eigenvalue weighted by Gasteiger charge is -2.08. The zero-order valence-electron chi connectivity index (χ0n) is 14.1. The first-order valence-electron chi connectivity index (χ1n) is 7.96. The molecule has 1 amide bonds. The molecular formula is C20H17NO4S. The third-order valence-corrected chi connectivity index (χ3v) is 4.37. The maximum Gasteiger partial charge on any atom is 0.348 e. The Balaban J connectivity index is 1.49. The number of nitrogens with one attached hydrogen (secondary N) is 1. The molecule has 0 unspecified atom stereocenters. The molecule has 1 N–H and O–H groups in total. The number of ether oxygens (including phenoxy) is 2. The number of amides is 1. The van der Waals surface area contributed by atoms with Crippen molar-refractivity contribution in [3.05, 3.63) is 76.5 Å². The summed E-state index contributed by atoms with van der Waals surface area (Å²) in [5, 5.41) is 2.68. The first-order chi connectivity index (χ1) is 12.6. The van der Waals surface area contributed by atoms with Crippen LogP contribution in [0.25, 0.3) is 0 Å². The molecule has 6 heteroatoms. The maximum absolute atomic E-state index is 11.9. The molecule has 132 valence electrons. The summed E-state index contributed by atoms with van der Waals surface area (Å²) < 4.78 is 10.7. The summed E-state index contributed by atoms with van der Waals surface area (Å²) in [5.41, 5.74) is 0.596. The molecular weight excluding hydrogens is 350 g/mol. The van der Waals surface area contributed by atoms with Crippen LogP contribution < -0.4 is 10.1 Å². The number of carbonyl (C=O) groups excluding carboxylic acids is 2. The Kier molecular flexibility index (Phi) is 5.66. The van der Waals surface area contributed by atoms with Crippen LogP contribution in [-0.4, -0.2) is 18.5 Å². The third kappa shape index (κ3) is 4.94. The lowest BCUT2D eigenvalue weighted by atomic mass is 10.3. The summed E-state index contributed by atoms with van der Waals surface area (Å²) in [6.45, 7) is 1.57. The van der Waals surface area contributed by atoms with Crippen molar-refractivity contribution < 1.29 is 19.1 Å². The maximum atomic E-state index is 11.9. The predicted octanol–water partition coefficient (Wildman–Crippen LogP) is 4.64. The zero-order valence-corrected chi connectivity index (χ0v) is 14.9. The van der Waals surface area contributed by atoms with Crippen molar-refractivity contribution in [2.45, 2.75) is 6.92 Å². The number of hydrogen-bond donors (Lipinski definition) is 1. The molecule has 0 radical (unpaired) electrons. The third-order valence-electron chi connectivity index (χ3n) is 3.39. The van der Waals surface area contributed by atoms with Crippen molar-refractivity contribution in [2.24, 2.45) is 0 Å². The summed E-state index contributed by atoms with van der Waals surface area (Å²) in [6.07, 6.45) is 0. The lowest BCUT2D eigenvalue weighted by molar-refractivity contribution is -0.119. The molecule has 0 spiro atoms. The van der Waals surface area contributed by atoms with Crippen molar-refractivity contribution in [3.8, 4) is 11.5 Å². The van der Waals surface area contributed by atoms with E-state index in [0.717, 1.165) is 10.6 Å². The van der Waals surface area contributed by atoms with Gasteiger partial charge in [-0.1, -0.05) is 18.2 Å². The Hall–Kier alpha value is -3.12. The molecule has 1 aromatic heterocycles. The molecule has 0 atom stereocenters. The largest absolute Gasteiger partial charge is 0.457 e. The van der Waals surface area contributed by atoms with Crippen LogP contribution >= 0.6 is 11.3 Å². The molecule has 26 heavy (non-hydrogen) atoms. The van der Waals surface area contributed by atoms with Crippen LogP contribution in [0.4, 0.5) is 5.69 Å². The molecule has 0 aliphatic rings. The molecule has 1 heterocycles. The van der Waals surface area contributed by atoms with Gasteiger partial charge in [0.15, 0.2) is 6.61 Å². The van der Waals surface area contributed by atoms with Crippen LogP contribution in [0.5, 0.6) is 11.5 Å². The van der Waals surface area contributed by atoms with E-state index in [1.807, 2.05) is 43.3 Å². The molecule has 3 rings (SSSR count). The first kappa shape index (κ1) is 17.7. The van der Waals surface area contributed by atoms with Crippen LogP contribution in [0.2, 0.25) is 0 Å². The average molecular weight is 367 g/mol. The van der Waals surface area contributed by atoms with Crippen LogP contribution in [0, 0.1) is 6.92 Å². The fraction of sp³-hybridized carbons (Fsp3) is 0.100. The number of carbonyl (C=O) groups is 2. The van der Waals surface area contributed by atoms with Gasteiger partial charge >= 0.3 is 5.97 Å². The van der Waals surface area contributed by atoms with Gasteiger partial charge in [0.25, 0.3) is 5.91 Å². The van der Waals surface area contributed by atoms with E-state index in [1.54, 1.807) is 30.3 Å². The van der Waals surface area contributed by atoms with Crippen molar-refractivity contribution >= 4 is 28.9 Å². The van der Waals surface area contributed by atoms with E-state index in [0.29, 0.717) is 16.3 Å². The quantitative estimate of drug-likeness (QED) is 0.645. The number of hydrogen-bond acceptors (Lipinski definition) is 5.